The van der Waals surface area contributed by atoms with Crippen LogP contribution in [-0.4, -0.2) is 16.5 Å². The van der Waals surface area contributed by atoms with Crippen molar-refractivity contribution in [1.29, 1.82) is 0 Å². The summed E-state index contributed by atoms with van der Waals surface area (Å²) in [5.74, 6) is 0.876. The fourth-order valence-corrected chi connectivity index (χ4v) is 2.82. The Hall–Kier alpha value is -1.17. The first kappa shape index (κ1) is 11.0. The maximum absolute atomic E-state index is 5.90. The number of aromatic nitrogens is 2. The molecule has 17 heavy (non-hydrogen) atoms. The lowest BCUT2D eigenvalue weighted by Crippen LogP contribution is -2.25. The van der Waals surface area contributed by atoms with Crippen LogP contribution in [0.5, 0.6) is 0 Å². The van der Waals surface area contributed by atoms with Gasteiger partial charge in [0.25, 0.3) is 0 Å². The van der Waals surface area contributed by atoms with Gasteiger partial charge in [-0.2, -0.15) is 0 Å². The summed E-state index contributed by atoms with van der Waals surface area (Å²) in [6.07, 6.45) is 2.57. The Kier molecular flexibility index (Phi) is 2.96. The molecular weight excluding hydrogens is 256 g/mol. The van der Waals surface area contributed by atoms with Crippen LogP contribution in [0.15, 0.2) is 18.5 Å². The number of hydrogen-bond donors (Lipinski definition) is 2. The van der Waals surface area contributed by atoms with Crippen LogP contribution < -0.4 is 10.6 Å². The fraction of sp³-hybridized carbons (Fsp3) is 0.273. The number of thiophene rings is 1. The van der Waals surface area contributed by atoms with E-state index in [4.69, 9.17) is 11.6 Å². The third-order valence-electron chi connectivity index (χ3n) is 2.69. The van der Waals surface area contributed by atoms with Gasteiger partial charge in [-0.3, -0.25) is 0 Å². The van der Waals surface area contributed by atoms with E-state index in [2.05, 4.69) is 20.6 Å². The molecule has 0 fully saturated rings. The average molecular weight is 267 g/mol. The van der Waals surface area contributed by atoms with Gasteiger partial charge in [-0.15, -0.1) is 11.3 Å². The molecule has 0 aromatic carbocycles. The molecule has 3 rings (SSSR count). The Labute approximate surface area is 108 Å². The molecule has 2 N–H and O–H groups in total. The van der Waals surface area contributed by atoms with Crippen molar-refractivity contribution in [2.75, 3.05) is 11.9 Å². The molecule has 0 amide bonds. The first-order valence-corrected chi connectivity index (χ1v) is 6.58. The summed E-state index contributed by atoms with van der Waals surface area (Å²) in [5, 5.41) is 7.63. The molecule has 0 aliphatic carbocycles. The molecule has 0 spiro atoms. The minimum atomic E-state index is 0.772. The molecule has 0 unspecified atom stereocenters. The third kappa shape index (κ3) is 2.26. The summed E-state index contributed by atoms with van der Waals surface area (Å²) in [6.45, 7) is 1.80. The Balaban J connectivity index is 1.92. The maximum atomic E-state index is 5.90. The lowest BCUT2D eigenvalue weighted by Gasteiger charge is -2.18. The zero-order chi connectivity index (χ0) is 11.7. The SMILES string of the molecule is Clc1ccc(Nc2ncnc3c2CNCC3)s1. The van der Waals surface area contributed by atoms with Gasteiger partial charge in [0.1, 0.15) is 12.1 Å². The number of hydrogen-bond acceptors (Lipinski definition) is 5. The van der Waals surface area contributed by atoms with E-state index < -0.39 is 0 Å². The maximum Gasteiger partial charge on any atom is 0.139 e. The normalized spacial score (nSPS) is 14.4. The van der Waals surface area contributed by atoms with E-state index in [1.54, 1.807) is 6.33 Å². The van der Waals surface area contributed by atoms with Gasteiger partial charge >= 0.3 is 0 Å². The van der Waals surface area contributed by atoms with Crippen LogP contribution in [0.2, 0.25) is 4.34 Å². The lowest BCUT2D eigenvalue weighted by atomic mass is 10.1. The van der Waals surface area contributed by atoms with E-state index in [1.807, 2.05) is 12.1 Å². The van der Waals surface area contributed by atoms with Crippen molar-refractivity contribution in [3.63, 3.8) is 0 Å². The summed E-state index contributed by atoms with van der Waals surface area (Å²) < 4.78 is 0.772. The number of fused-ring (bicyclic) bond motifs is 1. The minimum Gasteiger partial charge on any atom is -0.332 e. The second-order valence-electron chi connectivity index (χ2n) is 3.80. The largest absolute Gasteiger partial charge is 0.332 e. The van der Waals surface area contributed by atoms with E-state index >= 15 is 0 Å². The number of nitrogens with one attached hydrogen (secondary N) is 2. The number of rotatable bonds is 2. The van der Waals surface area contributed by atoms with Crippen LogP contribution in [0.3, 0.4) is 0 Å². The molecule has 0 atom stereocenters. The summed E-state index contributed by atoms with van der Waals surface area (Å²) in [5.41, 5.74) is 2.28. The monoisotopic (exact) mass is 266 g/mol. The standard InChI is InChI=1S/C11H11ClN4S/c12-9-1-2-10(17-9)16-11-7-5-13-4-3-8(7)14-6-15-11/h1-2,6,13H,3-5H2,(H,14,15,16). The molecule has 3 heterocycles. The summed E-state index contributed by atoms with van der Waals surface area (Å²) in [6, 6.07) is 3.83. The highest BCUT2D eigenvalue weighted by Gasteiger charge is 2.15. The van der Waals surface area contributed by atoms with Crippen molar-refractivity contribution < 1.29 is 0 Å². The van der Waals surface area contributed by atoms with E-state index in [1.165, 1.54) is 11.3 Å². The van der Waals surface area contributed by atoms with E-state index in [9.17, 15) is 0 Å². The molecule has 88 valence electrons. The van der Waals surface area contributed by atoms with Gasteiger partial charge in [-0.25, -0.2) is 9.97 Å². The zero-order valence-electron chi connectivity index (χ0n) is 9.03. The van der Waals surface area contributed by atoms with Gasteiger partial charge in [0, 0.05) is 25.1 Å². The Morgan fingerprint density at radius 1 is 1.35 bits per heavy atom. The molecule has 0 saturated heterocycles. The van der Waals surface area contributed by atoms with Crippen molar-refractivity contribution in [3.05, 3.63) is 34.1 Å². The van der Waals surface area contributed by atoms with E-state index in [0.717, 1.165) is 45.9 Å². The van der Waals surface area contributed by atoms with Crippen LogP contribution in [0.4, 0.5) is 10.8 Å². The van der Waals surface area contributed by atoms with Crippen molar-refractivity contribution in [2.24, 2.45) is 0 Å². The zero-order valence-corrected chi connectivity index (χ0v) is 10.6. The third-order valence-corrected chi connectivity index (χ3v) is 3.84. The van der Waals surface area contributed by atoms with Crippen LogP contribution in [0.25, 0.3) is 0 Å². The predicted molar refractivity (Wildman–Crippen MR) is 70.1 cm³/mol. The van der Waals surface area contributed by atoms with Crippen LogP contribution >= 0.6 is 22.9 Å². The summed E-state index contributed by atoms with van der Waals surface area (Å²) >= 11 is 7.41. The molecule has 0 bridgehead atoms. The number of anilines is 2. The van der Waals surface area contributed by atoms with E-state index in [-0.39, 0.29) is 0 Å². The first-order valence-electron chi connectivity index (χ1n) is 5.39. The average Bonchev–Trinajstić information content (AvgIpc) is 2.75. The molecule has 0 saturated carbocycles. The van der Waals surface area contributed by atoms with Crippen molar-refractivity contribution in [3.8, 4) is 0 Å². The highest BCUT2D eigenvalue weighted by molar-refractivity contribution is 7.19. The highest BCUT2D eigenvalue weighted by Crippen LogP contribution is 2.30. The van der Waals surface area contributed by atoms with Gasteiger partial charge in [-0.1, -0.05) is 11.6 Å². The van der Waals surface area contributed by atoms with Gasteiger partial charge in [-0.05, 0) is 12.1 Å². The smallest absolute Gasteiger partial charge is 0.139 e. The summed E-state index contributed by atoms with van der Waals surface area (Å²) in [4.78, 5) is 8.61. The van der Waals surface area contributed by atoms with Crippen LogP contribution in [-0.2, 0) is 13.0 Å². The van der Waals surface area contributed by atoms with E-state index in [0.29, 0.717) is 0 Å². The second kappa shape index (κ2) is 4.60. The van der Waals surface area contributed by atoms with Crippen molar-refractivity contribution >= 4 is 33.8 Å². The lowest BCUT2D eigenvalue weighted by molar-refractivity contribution is 0.628. The molecule has 4 nitrogen and oxygen atoms in total. The Morgan fingerprint density at radius 2 is 2.29 bits per heavy atom. The van der Waals surface area contributed by atoms with Crippen LogP contribution in [0.1, 0.15) is 11.3 Å². The molecule has 6 heteroatoms. The number of nitrogens with zero attached hydrogens (tertiary/aromatic N) is 2. The minimum absolute atomic E-state index is 0.772. The van der Waals surface area contributed by atoms with Gasteiger partial charge < -0.3 is 10.6 Å². The molecular formula is C11H11ClN4S. The molecule has 1 aliphatic rings. The first-order chi connectivity index (χ1) is 8.33. The topological polar surface area (TPSA) is 49.8 Å². The predicted octanol–water partition coefficient (Wildman–Crippen LogP) is 2.58. The van der Waals surface area contributed by atoms with Gasteiger partial charge in [0.2, 0.25) is 0 Å². The van der Waals surface area contributed by atoms with Crippen LogP contribution in [0, 0.1) is 0 Å². The molecule has 2 aromatic rings. The molecule has 1 aliphatic heterocycles. The molecule has 0 radical (unpaired) electrons. The fourth-order valence-electron chi connectivity index (χ4n) is 1.88. The summed E-state index contributed by atoms with van der Waals surface area (Å²) in [7, 11) is 0. The molecule has 2 aromatic heterocycles. The quantitative estimate of drug-likeness (QED) is 0.877. The van der Waals surface area contributed by atoms with Crippen molar-refractivity contribution in [1.82, 2.24) is 15.3 Å². The van der Waals surface area contributed by atoms with Gasteiger partial charge in [0.05, 0.1) is 15.0 Å². The van der Waals surface area contributed by atoms with Gasteiger partial charge in [0.15, 0.2) is 0 Å². The Bertz CT molecular complexity index is 540. The second-order valence-corrected chi connectivity index (χ2v) is 5.52. The van der Waals surface area contributed by atoms with Crippen molar-refractivity contribution in [2.45, 2.75) is 13.0 Å². The Morgan fingerprint density at radius 3 is 3.12 bits per heavy atom. The number of halogens is 1. The highest BCUT2D eigenvalue weighted by atomic mass is 35.5.